The third-order valence-electron chi connectivity index (χ3n) is 4.05. The van der Waals surface area contributed by atoms with Crippen LogP contribution in [0, 0.1) is 0 Å². The molecule has 3 rings (SSSR count). The molecular formula is C20H21N3O. The summed E-state index contributed by atoms with van der Waals surface area (Å²) in [6.45, 7) is 1.64. The van der Waals surface area contributed by atoms with Crippen LogP contribution in [0.3, 0.4) is 0 Å². The number of pyridine rings is 1. The summed E-state index contributed by atoms with van der Waals surface area (Å²) in [5.74, 6) is -0.0586. The molecule has 0 saturated carbocycles. The van der Waals surface area contributed by atoms with Gasteiger partial charge in [0.2, 0.25) is 0 Å². The third-order valence-corrected chi connectivity index (χ3v) is 4.05. The van der Waals surface area contributed by atoms with Crippen LogP contribution in [-0.4, -0.2) is 29.9 Å². The van der Waals surface area contributed by atoms with Crippen LogP contribution in [-0.2, 0) is 13.1 Å². The minimum Gasteiger partial charge on any atom is -0.355 e. The van der Waals surface area contributed by atoms with E-state index in [4.69, 9.17) is 0 Å². The second-order valence-electron chi connectivity index (χ2n) is 5.94. The zero-order valence-electron chi connectivity index (χ0n) is 14.0. The average Bonchev–Trinajstić information content (AvgIpc) is 2.62. The van der Waals surface area contributed by atoms with Gasteiger partial charge in [0, 0.05) is 37.3 Å². The standard InChI is InChI=1S/C20H21N3O/c1-21-20(24)17-10-8-15(9-11-17)13-23(2)14-18-6-3-5-16-7-4-12-22-19(16)18/h3-12H,13-14H2,1-2H3,(H,21,24). The number of benzene rings is 2. The molecule has 0 radical (unpaired) electrons. The molecule has 122 valence electrons. The maximum atomic E-state index is 11.6. The Balaban J connectivity index is 1.71. The normalized spacial score (nSPS) is 11.0. The lowest BCUT2D eigenvalue weighted by Crippen LogP contribution is -2.19. The van der Waals surface area contributed by atoms with Crippen LogP contribution in [0.15, 0.2) is 60.8 Å². The first kappa shape index (κ1) is 16.1. The number of aromatic nitrogens is 1. The Kier molecular flexibility index (Phi) is 4.87. The summed E-state index contributed by atoms with van der Waals surface area (Å²) < 4.78 is 0. The van der Waals surface area contributed by atoms with Gasteiger partial charge in [-0.15, -0.1) is 0 Å². The van der Waals surface area contributed by atoms with Crippen LogP contribution >= 0.6 is 0 Å². The van der Waals surface area contributed by atoms with E-state index in [-0.39, 0.29) is 5.91 Å². The number of carbonyl (C=O) groups excluding carboxylic acids is 1. The maximum absolute atomic E-state index is 11.6. The van der Waals surface area contributed by atoms with Gasteiger partial charge >= 0.3 is 0 Å². The van der Waals surface area contributed by atoms with Crippen molar-refractivity contribution in [3.8, 4) is 0 Å². The predicted molar refractivity (Wildman–Crippen MR) is 96.7 cm³/mol. The number of hydrogen-bond acceptors (Lipinski definition) is 3. The molecule has 1 heterocycles. The highest BCUT2D eigenvalue weighted by Crippen LogP contribution is 2.18. The number of fused-ring (bicyclic) bond motifs is 1. The van der Waals surface area contributed by atoms with Crippen LogP contribution < -0.4 is 5.32 Å². The van der Waals surface area contributed by atoms with Gasteiger partial charge in [-0.05, 0) is 36.4 Å². The molecule has 4 nitrogen and oxygen atoms in total. The van der Waals surface area contributed by atoms with Crippen LogP contribution in [0.5, 0.6) is 0 Å². The largest absolute Gasteiger partial charge is 0.355 e. The van der Waals surface area contributed by atoms with Crippen molar-refractivity contribution in [3.05, 3.63) is 77.5 Å². The van der Waals surface area contributed by atoms with Crippen molar-refractivity contribution in [1.82, 2.24) is 15.2 Å². The highest BCUT2D eigenvalue weighted by Gasteiger charge is 2.07. The minimum absolute atomic E-state index is 0.0586. The van der Waals surface area contributed by atoms with Crippen molar-refractivity contribution in [2.24, 2.45) is 0 Å². The summed E-state index contributed by atoms with van der Waals surface area (Å²) in [6.07, 6.45) is 1.84. The number of para-hydroxylation sites is 1. The minimum atomic E-state index is -0.0586. The summed E-state index contributed by atoms with van der Waals surface area (Å²) in [5, 5.41) is 3.80. The first-order valence-corrected chi connectivity index (χ1v) is 7.99. The lowest BCUT2D eigenvalue weighted by Gasteiger charge is -2.18. The molecular weight excluding hydrogens is 298 g/mol. The van der Waals surface area contributed by atoms with Gasteiger partial charge in [0.05, 0.1) is 5.52 Å². The highest BCUT2D eigenvalue weighted by atomic mass is 16.1. The summed E-state index contributed by atoms with van der Waals surface area (Å²) in [6, 6.07) is 18.1. The van der Waals surface area contributed by atoms with Crippen molar-refractivity contribution in [2.75, 3.05) is 14.1 Å². The lowest BCUT2D eigenvalue weighted by atomic mass is 10.1. The number of nitrogens with zero attached hydrogens (tertiary/aromatic N) is 2. The van der Waals surface area contributed by atoms with Crippen molar-refractivity contribution < 1.29 is 4.79 Å². The van der Waals surface area contributed by atoms with Crippen molar-refractivity contribution in [2.45, 2.75) is 13.1 Å². The molecule has 24 heavy (non-hydrogen) atoms. The Morgan fingerprint density at radius 2 is 1.79 bits per heavy atom. The number of nitrogens with one attached hydrogen (secondary N) is 1. The van der Waals surface area contributed by atoms with Crippen molar-refractivity contribution in [3.63, 3.8) is 0 Å². The molecule has 4 heteroatoms. The van der Waals surface area contributed by atoms with E-state index in [0.29, 0.717) is 5.56 Å². The summed E-state index contributed by atoms with van der Waals surface area (Å²) >= 11 is 0. The number of carbonyl (C=O) groups is 1. The smallest absolute Gasteiger partial charge is 0.251 e. The molecule has 0 atom stereocenters. The summed E-state index contributed by atoms with van der Waals surface area (Å²) in [4.78, 5) is 18.3. The molecule has 1 aromatic heterocycles. The Hall–Kier alpha value is -2.72. The monoisotopic (exact) mass is 319 g/mol. The fraction of sp³-hybridized carbons (Fsp3) is 0.200. The number of amides is 1. The van der Waals surface area contributed by atoms with Gasteiger partial charge in [0.25, 0.3) is 5.91 Å². The fourth-order valence-electron chi connectivity index (χ4n) is 2.86. The molecule has 0 bridgehead atoms. The highest BCUT2D eigenvalue weighted by molar-refractivity contribution is 5.93. The second kappa shape index (κ2) is 7.23. The van der Waals surface area contributed by atoms with Crippen molar-refractivity contribution >= 4 is 16.8 Å². The van der Waals surface area contributed by atoms with Gasteiger partial charge in [0.15, 0.2) is 0 Å². The lowest BCUT2D eigenvalue weighted by molar-refractivity contribution is 0.0963. The number of rotatable bonds is 5. The maximum Gasteiger partial charge on any atom is 0.251 e. The molecule has 0 spiro atoms. The second-order valence-corrected chi connectivity index (χ2v) is 5.94. The van der Waals surface area contributed by atoms with E-state index >= 15 is 0 Å². The Bertz CT molecular complexity index is 838. The van der Waals surface area contributed by atoms with E-state index in [1.54, 1.807) is 7.05 Å². The van der Waals surface area contributed by atoms with Gasteiger partial charge in [0.1, 0.15) is 0 Å². The third kappa shape index (κ3) is 3.60. The molecule has 1 amide bonds. The zero-order valence-corrected chi connectivity index (χ0v) is 14.0. The molecule has 0 saturated heterocycles. The van der Waals surface area contributed by atoms with E-state index in [1.165, 1.54) is 16.5 Å². The molecule has 0 unspecified atom stereocenters. The van der Waals surface area contributed by atoms with Crippen LogP contribution in [0.4, 0.5) is 0 Å². The Labute approximate surface area is 142 Å². The van der Waals surface area contributed by atoms with E-state index in [9.17, 15) is 4.79 Å². The number of hydrogen-bond donors (Lipinski definition) is 1. The van der Waals surface area contributed by atoms with Crippen LogP contribution in [0.1, 0.15) is 21.5 Å². The molecule has 0 aliphatic carbocycles. The van der Waals surface area contributed by atoms with Gasteiger partial charge in [-0.1, -0.05) is 36.4 Å². The molecule has 0 fully saturated rings. The zero-order chi connectivity index (χ0) is 16.9. The van der Waals surface area contributed by atoms with Gasteiger partial charge in [-0.3, -0.25) is 14.7 Å². The van der Waals surface area contributed by atoms with E-state index in [0.717, 1.165) is 18.6 Å². The van der Waals surface area contributed by atoms with Crippen molar-refractivity contribution in [1.29, 1.82) is 0 Å². The summed E-state index contributed by atoms with van der Waals surface area (Å²) in [7, 11) is 3.73. The van der Waals surface area contributed by atoms with Gasteiger partial charge < -0.3 is 5.32 Å². The van der Waals surface area contributed by atoms with Crippen LogP contribution in [0.25, 0.3) is 10.9 Å². The first-order chi connectivity index (χ1) is 11.7. The van der Waals surface area contributed by atoms with E-state index in [2.05, 4.69) is 46.5 Å². The van der Waals surface area contributed by atoms with Gasteiger partial charge in [-0.25, -0.2) is 0 Å². The first-order valence-electron chi connectivity index (χ1n) is 7.99. The molecule has 2 aromatic carbocycles. The molecule has 1 N–H and O–H groups in total. The molecule has 0 aliphatic heterocycles. The predicted octanol–water partition coefficient (Wildman–Crippen LogP) is 3.23. The molecule has 3 aromatic rings. The summed E-state index contributed by atoms with van der Waals surface area (Å²) in [5.41, 5.74) is 4.14. The van der Waals surface area contributed by atoms with Gasteiger partial charge in [-0.2, -0.15) is 0 Å². The van der Waals surface area contributed by atoms with E-state index < -0.39 is 0 Å². The topological polar surface area (TPSA) is 45.2 Å². The SMILES string of the molecule is CNC(=O)c1ccc(CN(C)Cc2cccc3cccnc23)cc1. The average molecular weight is 319 g/mol. The molecule has 0 aliphatic rings. The van der Waals surface area contributed by atoms with E-state index in [1.807, 2.05) is 36.5 Å². The quantitative estimate of drug-likeness (QED) is 0.785. The Morgan fingerprint density at radius 1 is 1.04 bits per heavy atom. The fourth-order valence-corrected chi connectivity index (χ4v) is 2.86. The Morgan fingerprint density at radius 3 is 2.54 bits per heavy atom. The van der Waals surface area contributed by atoms with Crippen LogP contribution in [0.2, 0.25) is 0 Å².